The Morgan fingerprint density at radius 2 is 1.89 bits per heavy atom. The number of ether oxygens (including phenoxy) is 1. The van der Waals surface area contributed by atoms with Gasteiger partial charge in [0.2, 0.25) is 0 Å². The molecule has 0 radical (unpaired) electrons. The average Bonchev–Trinajstić information content (AvgIpc) is 3.00. The van der Waals surface area contributed by atoms with Crippen molar-refractivity contribution in [1.29, 1.82) is 0 Å². The normalized spacial score (nSPS) is 17.0. The van der Waals surface area contributed by atoms with E-state index in [2.05, 4.69) is 10.1 Å². The molecular weight excluding hydrogens is 357 g/mol. The molecule has 2 N–H and O–H groups in total. The molecule has 0 spiro atoms. The number of halogens is 3. The van der Waals surface area contributed by atoms with E-state index in [1.807, 2.05) is 13.0 Å². The summed E-state index contributed by atoms with van der Waals surface area (Å²) in [6.07, 6.45) is -2.12. The standard InChI is InChI=1S/C19H17F3N4O/c1-11-8-16-15(10-27-11)18(12-2-7-17(23)24-9-12)25-26(16)14-5-3-13(4-6-14)19(20,21)22/h2-7,9,11H,8,10H2,1H3,(H2,23,24)/t11-/m0/s1. The smallest absolute Gasteiger partial charge is 0.384 e. The quantitative estimate of drug-likeness (QED) is 0.736. The van der Waals surface area contributed by atoms with Crippen molar-refractivity contribution in [2.75, 3.05) is 5.73 Å². The van der Waals surface area contributed by atoms with Crippen LogP contribution in [0.3, 0.4) is 0 Å². The molecule has 2 aromatic heterocycles. The highest BCUT2D eigenvalue weighted by molar-refractivity contribution is 5.65. The first-order valence-electron chi connectivity index (χ1n) is 8.45. The Balaban J connectivity index is 1.82. The van der Waals surface area contributed by atoms with Crippen molar-refractivity contribution in [1.82, 2.24) is 14.8 Å². The minimum absolute atomic E-state index is 0.000193. The van der Waals surface area contributed by atoms with Gasteiger partial charge in [0.25, 0.3) is 0 Å². The van der Waals surface area contributed by atoms with Crippen LogP contribution < -0.4 is 5.73 Å². The van der Waals surface area contributed by atoms with E-state index < -0.39 is 11.7 Å². The molecule has 8 heteroatoms. The number of nitrogens with zero attached hydrogens (tertiary/aromatic N) is 3. The lowest BCUT2D eigenvalue weighted by Crippen LogP contribution is -2.21. The van der Waals surface area contributed by atoms with Gasteiger partial charge in [0.1, 0.15) is 11.5 Å². The summed E-state index contributed by atoms with van der Waals surface area (Å²) in [6.45, 7) is 2.34. The Morgan fingerprint density at radius 3 is 2.52 bits per heavy atom. The van der Waals surface area contributed by atoms with Crippen molar-refractivity contribution in [3.05, 3.63) is 59.4 Å². The van der Waals surface area contributed by atoms with Gasteiger partial charge in [-0.25, -0.2) is 9.67 Å². The number of nitrogen functional groups attached to an aromatic ring is 1. The lowest BCUT2D eigenvalue weighted by Gasteiger charge is -2.21. The second kappa shape index (κ2) is 6.38. The van der Waals surface area contributed by atoms with E-state index >= 15 is 0 Å². The first kappa shape index (κ1) is 17.5. The molecule has 1 atom stereocenters. The van der Waals surface area contributed by atoms with E-state index in [0.717, 1.165) is 29.0 Å². The van der Waals surface area contributed by atoms with Crippen molar-refractivity contribution in [3.8, 4) is 16.9 Å². The van der Waals surface area contributed by atoms with Crippen LogP contribution in [-0.2, 0) is 23.9 Å². The van der Waals surface area contributed by atoms with E-state index in [1.54, 1.807) is 16.9 Å². The first-order valence-corrected chi connectivity index (χ1v) is 8.45. The van der Waals surface area contributed by atoms with Gasteiger partial charge < -0.3 is 10.5 Å². The summed E-state index contributed by atoms with van der Waals surface area (Å²) in [5.41, 5.74) is 8.86. The van der Waals surface area contributed by atoms with Crippen molar-refractivity contribution >= 4 is 5.82 Å². The predicted octanol–water partition coefficient (Wildman–Crippen LogP) is 4.00. The van der Waals surface area contributed by atoms with E-state index in [4.69, 9.17) is 10.5 Å². The largest absolute Gasteiger partial charge is 0.416 e. The van der Waals surface area contributed by atoms with Crippen LogP contribution in [0.2, 0.25) is 0 Å². The van der Waals surface area contributed by atoms with Gasteiger partial charge in [0, 0.05) is 23.7 Å². The first-order chi connectivity index (χ1) is 12.8. The summed E-state index contributed by atoms with van der Waals surface area (Å²) in [6, 6.07) is 8.50. The van der Waals surface area contributed by atoms with Crippen LogP contribution in [0.5, 0.6) is 0 Å². The summed E-state index contributed by atoms with van der Waals surface area (Å²) in [5, 5.41) is 4.66. The molecule has 1 aliphatic rings. The fraction of sp³-hybridized carbons (Fsp3) is 0.263. The molecule has 0 unspecified atom stereocenters. The van der Waals surface area contributed by atoms with Gasteiger partial charge in [0.15, 0.2) is 0 Å². The average molecular weight is 374 g/mol. The monoisotopic (exact) mass is 374 g/mol. The lowest BCUT2D eigenvalue weighted by molar-refractivity contribution is -0.137. The van der Waals surface area contributed by atoms with Gasteiger partial charge >= 0.3 is 6.18 Å². The molecule has 0 amide bonds. The summed E-state index contributed by atoms with van der Waals surface area (Å²) in [7, 11) is 0. The predicted molar refractivity (Wildman–Crippen MR) is 94.2 cm³/mol. The molecule has 5 nitrogen and oxygen atoms in total. The van der Waals surface area contributed by atoms with Crippen molar-refractivity contribution < 1.29 is 17.9 Å². The number of anilines is 1. The van der Waals surface area contributed by atoms with Crippen molar-refractivity contribution in [2.24, 2.45) is 0 Å². The van der Waals surface area contributed by atoms with Gasteiger partial charge in [-0.05, 0) is 43.3 Å². The molecule has 0 fully saturated rings. The van der Waals surface area contributed by atoms with E-state index in [-0.39, 0.29) is 6.10 Å². The minimum atomic E-state index is -4.37. The van der Waals surface area contributed by atoms with Crippen molar-refractivity contribution in [3.63, 3.8) is 0 Å². The Morgan fingerprint density at radius 1 is 1.15 bits per heavy atom. The number of hydrogen-bond acceptors (Lipinski definition) is 4. The van der Waals surface area contributed by atoms with Gasteiger partial charge in [-0.15, -0.1) is 0 Å². The number of pyridine rings is 1. The van der Waals surface area contributed by atoms with Crippen LogP contribution in [0.25, 0.3) is 16.9 Å². The SMILES string of the molecule is C[C@H]1Cc2c(c(-c3ccc(N)nc3)nn2-c2ccc(C(F)(F)F)cc2)CO1. The zero-order valence-electron chi connectivity index (χ0n) is 14.5. The molecule has 0 bridgehead atoms. The summed E-state index contributed by atoms with van der Waals surface area (Å²) in [4.78, 5) is 4.10. The molecule has 0 saturated carbocycles. The van der Waals surface area contributed by atoms with Crippen LogP contribution in [0.1, 0.15) is 23.7 Å². The van der Waals surface area contributed by atoms with Crippen LogP contribution in [0, 0.1) is 0 Å². The van der Waals surface area contributed by atoms with Gasteiger partial charge in [-0.1, -0.05) is 0 Å². The Labute approximate surface area is 153 Å². The van der Waals surface area contributed by atoms with Crippen molar-refractivity contribution in [2.45, 2.75) is 32.2 Å². The third-order valence-corrected chi connectivity index (χ3v) is 4.58. The molecule has 1 aromatic carbocycles. The third kappa shape index (κ3) is 3.28. The van der Waals surface area contributed by atoms with Gasteiger partial charge in [-0.2, -0.15) is 18.3 Å². The lowest BCUT2D eigenvalue weighted by atomic mass is 10.0. The van der Waals surface area contributed by atoms with Gasteiger partial charge in [-0.3, -0.25) is 0 Å². The van der Waals surface area contributed by atoms with Crippen LogP contribution in [0.15, 0.2) is 42.6 Å². The molecule has 140 valence electrons. The summed E-state index contributed by atoms with van der Waals surface area (Å²) in [5.74, 6) is 0.402. The Bertz CT molecular complexity index is 962. The Hall–Kier alpha value is -2.87. The van der Waals surface area contributed by atoms with Gasteiger partial charge in [0.05, 0.1) is 29.7 Å². The molecular formula is C19H17F3N4O. The second-order valence-electron chi connectivity index (χ2n) is 6.53. The van der Waals surface area contributed by atoms with E-state index in [9.17, 15) is 13.2 Å². The highest BCUT2D eigenvalue weighted by atomic mass is 19.4. The third-order valence-electron chi connectivity index (χ3n) is 4.58. The Kier molecular flexibility index (Phi) is 4.15. The minimum Gasteiger partial charge on any atom is -0.384 e. The maximum Gasteiger partial charge on any atom is 0.416 e. The highest BCUT2D eigenvalue weighted by Gasteiger charge is 2.31. The molecule has 1 aliphatic heterocycles. The zero-order valence-corrected chi connectivity index (χ0v) is 14.5. The van der Waals surface area contributed by atoms with Crippen LogP contribution in [-0.4, -0.2) is 20.9 Å². The molecule has 3 heterocycles. The maximum atomic E-state index is 12.8. The fourth-order valence-electron chi connectivity index (χ4n) is 3.19. The number of benzene rings is 1. The van der Waals surface area contributed by atoms with E-state index in [0.29, 0.717) is 30.2 Å². The molecule has 0 saturated heterocycles. The number of fused-ring (bicyclic) bond motifs is 1. The number of hydrogen-bond donors (Lipinski definition) is 1. The van der Waals surface area contributed by atoms with Crippen LogP contribution >= 0.6 is 0 Å². The van der Waals surface area contributed by atoms with E-state index in [1.165, 1.54) is 12.1 Å². The maximum absolute atomic E-state index is 12.8. The fourth-order valence-corrected chi connectivity index (χ4v) is 3.19. The molecule has 4 rings (SSSR count). The molecule has 0 aliphatic carbocycles. The number of alkyl halides is 3. The second-order valence-corrected chi connectivity index (χ2v) is 6.53. The zero-order chi connectivity index (χ0) is 19.2. The molecule has 27 heavy (non-hydrogen) atoms. The van der Waals surface area contributed by atoms with Crippen LogP contribution in [0.4, 0.5) is 19.0 Å². The molecule has 3 aromatic rings. The number of aromatic nitrogens is 3. The summed E-state index contributed by atoms with van der Waals surface area (Å²) >= 11 is 0. The number of nitrogens with two attached hydrogens (primary N) is 1. The summed E-state index contributed by atoms with van der Waals surface area (Å²) < 4.78 is 46.0. The number of rotatable bonds is 2. The highest BCUT2D eigenvalue weighted by Crippen LogP contribution is 2.34. The topological polar surface area (TPSA) is 66.0 Å².